The van der Waals surface area contributed by atoms with E-state index in [9.17, 15) is 13.2 Å². The van der Waals surface area contributed by atoms with Crippen molar-refractivity contribution in [1.29, 1.82) is 5.26 Å². The number of nitriles is 1. The predicted molar refractivity (Wildman–Crippen MR) is 50.5 cm³/mol. The summed E-state index contributed by atoms with van der Waals surface area (Å²) in [5.41, 5.74) is -1.37. The van der Waals surface area contributed by atoms with Crippen LogP contribution in [0.25, 0.3) is 0 Å². The Morgan fingerprint density at radius 1 is 1.36 bits per heavy atom. The fraction of sp³-hybridized carbons (Fsp3) is 0.286. The molecule has 1 aromatic rings. The molecule has 76 valence electrons. The average molecular weight is 332 g/mol. The molecule has 0 saturated carbocycles. The molecule has 0 saturated heterocycles. The van der Waals surface area contributed by atoms with Gasteiger partial charge in [-0.05, 0) is 31.9 Å². The summed E-state index contributed by atoms with van der Waals surface area (Å²) in [7, 11) is 1.23. The summed E-state index contributed by atoms with van der Waals surface area (Å²) in [6.45, 7) is 0. The highest BCUT2D eigenvalue weighted by atomic mass is 79.9. The predicted octanol–water partition coefficient (Wildman–Crippen LogP) is 3.44. The van der Waals surface area contributed by atoms with Crippen LogP contribution in [-0.2, 0) is 13.2 Å². The van der Waals surface area contributed by atoms with Crippen LogP contribution in [0.2, 0.25) is 0 Å². The van der Waals surface area contributed by atoms with Gasteiger partial charge in [-0.2, -0.15) is 18.4 Å². The Balaban J connectivity index is 3.60. The minimum atomic E-state index is -4.53. The molecule has 0 N–H and O–H groups in total. The third kappa shape index (κ3) is 1.68. The Morgan fingerprint density at radius 3 is 2.14 bits per heavy atom. The molecule has 0 unspecified atom stereocenters. The maximum Gasteiger partial charge on any atom is 0.432 e. The number of aromatic nitrogens is 1. The maximum absolute atomic E-state index is 12.5. The number of rotatable bonds is 0. The minimum Gasteiger partial charge on any atom is -0.333 e. The summed E-state index contributed by atoms with van der Waals surface area (Å²) >= 11 is 5.86. The Morgan fingerprint density at radius 2 is 1.86 bits per heavy atom. The quantitative estimate of drug-likeness (QED) is 0.716. The van der Waals surface area contributed by atoms with Gasteiger partial charge in [0.25, 0.3) is 0 Å². The Labute approximate surface area is 94.6 Å². The number of hydrogen-bond donors (Lipinski definition) is 0. The first-order chi connectivity index (χ1) is 6.30. The van der Waals surface area contributed by atoms with E-state index in [-0.39, 0.29) is 9.08 Å². The van der Waals surface area contributed by atoms with Crippen LogP contribution >= 0.6 is 31.9 Å². The summed E-state index contributed by atoms with van der Waals surface area (Å²) in [6, 6.07) is 1.51. The highest BCUT2D eigenvalue weighted by Gasteiger charge is 2.39. The summed E-state index contributed by atoms with van der Waals surface area (Å²) in [6.07, 6.45) is -4.53. The Hall–Kier alpha value is -0.480. The molecule has 7 heteroatoms. The van der Waals surface area contributed by atoms with Gasteiger partial charge in [0.05, 0.1) is 10.0 Å². The molecular weight excluding hydrogens is 329 g/mol. The van der Waals surface area contributed by atoms with Gasteiger partial charge in [0.15, 0.2) is 0 Å². The summed E-state index contributed by atoms with van der Waals surface area (Å²) in [5, 5.41) is 8.59. The molecule has 1 aromatic heterocycles. The highest BCUT2D eigenvalue weighted by molar-refractivity contribution is 9.13. The van der Waals surface area contributed by atoms with Crippen LogP contribution in [0.4, 0.5) is 13.2 Å². The van der Waals surface area contributed by atoms with Gasteiger partial charge in [-0.15, -0.1) is 0 Å². The number of halogens is 5. The molecule has 14 heavy (non-hydrogen) atoms. The molecule has 1 heterocycles. The third-order valence-corrected chi connectivity index (χ3v) is 3.88. The van der Waals surface area contributed by atoms with Crippen molar-refractivity contribution in [2.24, 2.45) is 7.05 Å². The lowest BCUT2D eigenvalue weighted by Crippen LogP contribution is -2.12. The van der Waals surface area contributed by atoms with Gasteiger partial charge in [-0.1, -0.05) is 0 Å². The molecule has 0 fully saturated rings. The van der Waals surface area contributed by atoms with Crippen LogP contribution in [0.1, 0.15) is 11.3 Å². The van der Waals surface area contributed by atoms with E-state index in [2.05, 4.69) is 31.9 Å². The average Bonchev–Trinajstić information content (AvgIpc) is 2.28. The van der Waals surface area contributed by atoms with Crippen molar-refractivity contribution in [2.45, 2.75) is 6.18 Å². The zero-order valence-corrected chi connectivity index (χ0v) is 9.96. The molecule has 0 atom stereocenters. The van der Waals surface area contributed by atoms with E-state index in [0.717, 1.165) is 4.57 Å². The van der Waals surface area contributed by atoms with Crippen LogP contribution in [0, 0.1) is 11.3 Å². The van der Waals surface area contributed by atoms with E-state index in [0.29, 0.717) is 0 Å². The SMILES string of the molecule is Cn1c(Br)c(Br)c(C#N)c1C(F)(F)F. The van der Waals surface area contributed by atoms with Crippen molar-refractivity contribution >= 4 is 31.9 Å². The maximum atomic E-state index is 12.5. The van der Waals surface area contributed by atoms with Crippen molar-refractivity contribution in [3.8, 4) is 6.07 Å². The summed E-state index contributed by atoms with van der Waals surface area (Å²) in [4.78, 5) is 0. The lowest BCUT2D eigenvalue weighted by molar-refractivity contribution is -0.143. The third-order valence-electron chi connectivity index (χ3n) is 1.65. The molecule has 0 aliphatic carbocycles. The first kappa shape index (κ1) is 11.6. The van der Waals surface area contributed by atoms with Gasteiger partial charge >= 0.3 is 6.18 Å². The molecule has 0 amide bonds. The normalized spacial score (nSPS) is 11.5. The van der Waals surface area contributed by atoms with Crippen LogP contribution < -0.4 is 0 Å². The lowest BCUT2D eigenvalue weighted by atomic mass is 10.2. The summed E-state index contributed by atoms with van der Waals surface area (Å²) < 4.78 is 38.6. The van der Waals surface area contributed by atoms with Crippen LogP contribution in [0.3, 0.4) is 0 Å². The molecule has 1 rings (SSSR count). The fourth-order valence-corrected chi connectivity index (χ4v) is 1.97. The smallest absolute Gasteiger partial charge is 0.333 e. The molecule has 0 aliphatic heterocycles. The number of alkyl halides is 3. The van der Waals surface area contributed by atoms with Gasteiger partial charge in [0.2, 0.25) is 0 Å². The molecular formula is C7H3Br2F3N2. The molecule has 0 aromatic carbocycles. The largest absolute Gasteiger partial charge is 0.432 e. The van der Waals surface area contributed by atoms with Crippen LogP contribution in [0.15, 0.2) is 9.08 Å². The zero-order valence-electron chi connectivity index (χ0n) is 6.78. The van der Waals surface area contributed by atoms with Crippen LogP contribution in [0.5, 0.6) is 0 Å². The number of nitrogens with zero attached hydrogens (tertiary/aromatic N) is 2. The second-order valence-corrected chi connectivity index (χ2v) is 4.04. The molecule has 0 radical (unpaired) electrons. The van der Waals surface area contributed by atoms with E-state index < -0.39 is 17.4 Å². The van der Waals surface area contributed by atoms with Gasteiger partial charge < -0.3 is 4.57 Å². The van der Waals surface area contributed by atoms with Crippen molar-refractivity contribution in [3.05, 3.63) is 20.3 Å². The Bertz CT molecular complexity index is 414. The second kappa shape index (κ2) is 3.59. The van der Waals surface area contributed by atoms with Crippen molar-refractivity contribution < 1.29 is 13.2 Å². The van der Waals surface area contributed by atoms with E-state index in [1.807, 2.05) is 0 Å². The molecule has 0 aliphatic rings. The standard InChI is InChI=1S/C7H3Br2F3N2/c1-14-5(7(10,11)12)3(2-13)4(8)6(14)9/h1H3. The monoisotopic (exact) mass is 330 g/mol. The molecule has 0 bridgehead atoms. The van der Waals surface area contributed by atoms with Crippen molar-refractivity contribution in [1.82, 2.24) is 4.57 Å². The van der Waals surface area contributed by atoms with Crippen LogP contribution in [-0.4, -0.2) is 4.57 Å². The lowest BCUT2D eigenvalue weighted by Gasteiger charge is -2.08. The van der Waals surface area contributed by atoms with Crippen molar-refractivity contribution in [2.75, 3.05) is 0 Å². The van der Waals surface area contributed by atoms with Gasteiger partial charge in [0, 0.05) is 7.05 Å². The first-order valence-electron chi connectivity index (χ1n) is 3.31. The van der Waals surface area contributed by atoms with Gasteiger partial charge in [-0.25, -0.2) is 0 Å². The van der Waals surface area contributed by atoms with E-state index in [1.54, 1.807) is 0 Å². The van der Waals surface area contributed by atoms with Gasteiger partial charge in [-0.3, -0.25) is 0 Å². The second-order valence-electron chi connectivity index (χ2n) is 2.50. The van der Waals surface area contributed by atoms with Gasteiger partial charge in [0.1, 0.15) is 16.4 Å². The number of hydrogen-bond acceptors (Lipinski definition) is 1. The first-order valence-corrected chi connectivity index (χ1v) is 4.90. The fourth-order valence-electron chi connectivity index (χ4n) is 1.05. The molecule has 2 nitrogen and oxygen atoms in total. The van der Waals surface area contributed by atoms with Crippen molar-refractivity contribution in [3.63, 3.8) is 0 Å². The van der Waals surface area contributed by atoms with E-state index >= 15 is 0 Å². The molecule has 0 spiro atoms. The topological polar surface area (TPSA) is 28.7 Å². The zero-order chi connectivity index (χ0) is 11.1. The highest BCUT2D eigenvalue weighted by Crippen LogP contribution is 2.40. The van der Waals surface area contributed by atoms with E-state index in [4.69, 9.17) is 5.26 Å². The van der Waals surface area contributed by atoms with E-state index in [1.165, 1.54) is 13.1 Å². The minimum absolute atomic E-state index is 0.120. The summed E-state index contributed by atoms with van der Waals surface area (Å²) in [5.74, 6) is 0. The Kier molecular flexibility index (Phi) is 2.97.